The van der Waals surface area contributed by atoms with E-state index in [2.05, 4.69) is 16.7 Å². The number of phenols is 1. The standard InChI is InChI=1S/C26H26N2O4/c1-17-5-4-6-18(13-17)11-12-27-22-14-19(9-10-23(22)29)24(30)28-26(25(31)32)15-20-7-2-3-8-21(20)16-26/h2-10,13-14,27,29H,11-12,15-16H2,1H3,(H,28,30)(H,31,32). The molecular weight excluding hydrogens is 404 g/mol. The normalized spacial score (nSPS) is 13.9. The van der Waals surface area contributed by atoms with Crippen molar-refractivity contribution in [2.45, 2.75) is 31.7 Å². The average Bonchev–Trinajstić information content (AvgIpc) is 3.14. The fourth-order valence-corrected chi connectivity index (χ4v) is 4.23. The van der Waals surface area contributed by atoms with Gasteiger partial charge in [-0.2, -0.15) is 0 Å². The number of hydrogen-bond donors (Lipinski definition) is 4. The molecule has 0 radical (unpaired) electrons. The van der Waals surface area contributed by atoms with Crippen LogP contribution in [-0.4, -0.2) is 34.2 Å². The predicted molar refractivity (Wildman–Crippen MR) is 123 cm³/mol. The summed E-state index contributed by atoms with van der Waals surface area (Å²) in [7, 11) is 0. The highest BCUT2D eigenvalue weighted by Crippen LogP contribution is 2.31. The van der Waals surface area contributed by atoms with Crippen molar-refractivity contribution in [3.63, 3.8) is 0 Å². The van der Waals surface area contributed by atoms with Crippen molar-refractivity contribution in [1.82, 2.24) is 5.32 Å². The lowest BCUT2D eigenvalue weighted by Gasteiger charge is -2.25. The Balaban J connectivity index is 1.46. The van der Waals surface area contributed by atoms with Crippen LogP contribution in [0.4, 0.5) is 5.69 Å². The van der Waals surface area contributed by atoms with Gasteiger partial charge in [-0.15, -0.1) is 0 Å². The molecule has 4 N–H and O–H groups in total. The summed E-state index contributed by atoms with van der Waals surface area (Å²) >= 11 is 0. The van der Waals surface area contributed by atoms with Crippen LogP contribution in [0, 0.1) is 6.92 Å². The fourth-order valence-electron chi connectivity index (χ4n) is 4.23. The van der Waals surface area contributed by atoms with Gasteiger partial charge in [0.25, 0.3) is 5.91 Å². The molecule has 3 aromatic carbocycles. The van der Waals surface area contributed by atoms with Crippen molar-refractivity contribution in [2.24, 2.45) is 0 Å². The average molecular weight is 431 g/mol. The first kappa shape index (κ1) is 21.4. The lowest BCUT2D eigenvalue weighted by molar-refractivity contribution is -0.144. The summed E-state index contributed by atoms with van der Waals surface area (Å²) in [6.45, 7) is 2.62. The second-order valence-corrected chi connectivity index (χ2v) is 8.36. The lowest BCUT2D eigenvalue weighted by atomic mass is 9.95. The van der Waals surface area contributed by atoms with Gasteiger partial charge in [0.2, 0.25) is 0 Å². The number of nitrogens with one attached hydrogen (secondary N) is 2. The molecule has 1 amide bonds. The maximum atomic E-state index is 13.0. The molecule has 0 bridgehead atoms. The Morgan fingerprint density at radius 1 is 0.969 bits per heavy atom. The van der Waals surface area contributed by atoms with Gasteiger partial charge in [-0.05, 0) is 48.2 Å². The Hall–Kier alpha value is -3.80. The van der Waals surface area contributed by atoms with Crippen LogP contribution in [0.1, 0.15) is 32.6 Å². The summed E-state index contributed by atoms with van der Waals surface area (Å²) in [4.78, 5) is 25.1. The van der Waals surface area contributed by atoms with Gasteiger partial charge >= 0.3 is 5.97 Å². The van der Waals surface area contributed by atoms with E-state index < -0.39 is 17.4 Å². The number of aromatic hydroxyl groups is 1. The molecule has 0 unspecified atom stereocenters. The molecule has 0 fully saturated rings. The number of carboxylic acids is 1. The zero-order valence-corrected chi connectivity index (χ0v) is 17.9. The molecule has 0 saturated carbocycles. The molecule has 32 heavy (non-hydrogen) atoms. The van der Waals surface area contributed by atoms with Gasteiger partial charge in [0.1, 0.15) is 11.3 Å². The van der Waals surface area contributed by atoms with Gasteiger partial charge in [-0.1, -0.05) is 54.1 Å². The summed E-state index contributed by atoms with van der Waals surface area (Å²) in [6.07, 6.45) is 1.24. The van der Waals surface area contributed by atoms with Crippen LogP contribution in [-0.2, 0) is 24.1 Å². The number of fused-ring (bicyclic) bond motifs is 1. The minimum atomic E-state index is -1.38. The lowest BCUT2D eigenvalue weighted by Crippen LogP contribution is -2.55. The molecule has 3 aromatic rings. The number of carboxylic acid groups (broad SMARTS) is 1. The van der Waals surface area contributed by atoms with Crippen molar-refractivity contribution >= 4 is 17.6 Å². The summed E-state index contributed by atoms with van der Waals surface area (Å²) in [6, 6.07) is 20.2. The van der Waals surface area contributed by atoms with E-state index >= 15 is 0 Å². The van der Waals surface area contributed by atoms with Crippen molar-refractivity contribution in [3.05, 3.63) is 94.5 Å². The van der Waals surface area contributed by atoms with Crippen LogP contribution >= 0.6 is 0 Å². The Labute approximate surface area is 186 Å². The van der Waals surface area contributed by atoms with Crippen molar-refractivity contribution in [3.8, 4) is 5.75 Å². The second-order valence-electron chi connectivity index (χ2n) is 8.36. The van der Waals surface area contributed by atoms with E-state index in [1.807, 2.05) is 49.4 Å². The topological polar surface area (TPSA) is 98.7 Å². The zero-order chi connectivity index (χ0) is 22.7. The third kappa shape index (κ3) is 4.44. The quantitative estimate of drug-likeness (QED) is 0.429. The van der Waals surface area contributed by atoms with Crippen LogP contribution in [0.15, 0.2) is 66.7 Å². The molecule has 4 rings (SSSR count). The SMILES string of the molecule is Cc1cccc(CCNc2cc(C(=O)NC3(C(=O)O)Cc4ccccc4C3)ccc2O)c1. The second kappa shape index (κ2) is 8.75. The summed E-state index contributed by atoms with van der Waals surface area (Å²) < 4.78 is 0. The minimum Gasteiger partial charge on any atom is -0.506 e. The number of amides is 1. The molecule has 164 valence electrons. The summed E-state index contributed by atoms with van der Waals surface area (Å²) in [5.41, 5.74) is 3.57. The number of carbonyl (C=O) groups excluding carboxylic acids is 1. The highest BCUT2D eigenvalue weighted by atomic mass is 16.4. The Morgan fingerprint density at radius 2 is 1.69 bits per heavy atom. The van der Waals surface area contributed by atoms with E-state index in [0.717, 1.165) is 17.5 Å². The molecule has 1 aliphatic rings. The van der Waals surface area contributed by atoms with E-state index in [1.54, 1.807) is 6.07 Å². The van der Waals surface area contributed by atoms with E-state index in [4.69, 9.17) is 0 Å². The molecular formula is C26H26N2O4. The number of rotatable bonds is 7. The minimum absolute atomic E-state index is 0.0343. The number of aliphatic carboxylic acids is 1. The highest BCUT2D eigenvalue weighted by molar-refractivity contribution is 5.99. The molecule has 1 aliphatic carbocycles. The fraction of sp³-hybridized carbons (Fsp3) is 0.231. The summed E-state index contributed by atoms with van der Waals surface area (Å²) in [5.74, 6) is -1.51. The molecule has 0 aromatic heterocycles. The third-order valence-corrected chi connectivity index (χ3v) is 5.94. The van der Waals surface area contributed by atoms with E-state index in [0.29, 0.717) is 12.2 Å². The zero-order valence-electron chi connectivity index (χ0n) is 17.9. The Morgan fingerprint density at radius 3 is 2.34 bits per heavy atom. The van der Waals surface area contributed by atoms with E-state index in [1.165, 1.54) is 23.3 Å². The third-order valence-electron chi connectivity index (χ3n) is 5.94. The molecule has 6 nitrogen and oxygen atoms in total. The maximum Gasteiger partial charge on any atom is 0.330 e. The van der Waals surface area contributed by atoms with Crippen LogP contribution in [0.5, 0.6) is 5.75 Å². The van der Waals surface area contributed by atoms with Gasteiger partial charge in [0.15, 0.2) is 0 Å². The van der Waals surface area contributed by atoms with Crippen LogP contribution < -0.4 is 10.6 Å². The largest absolute Gasteiger partial charge is 0.506 e. The number of benzene rings is 3. The molecule has 0 spiro atoms. The van der Waals surface area contributed by atoms with Gasteiger partial charge < -0.3 is 20.8 Å². The van der Waals surface area contributed by atoms with Gasteiger partial charge in [0.05, 0.1) is 5.69 Å². The van der Waals surface area contributed by atoms with Crippen LogP contribution in [0.3, 0.4) is 0 Å². The smallest absolute Gasteiger partial charge is 0.330 e. The van der Waals surface area contributed by atoms with Gasteiger partial charge in [-0.25, -0.2) is 4.79 Å². The first-order valence-electron chi connectivity index (χ1n) is 10.6. The van der Waals surface area contributed by atoms with E-state index in [-0.39, 0.29) is 24.2 Å². The Bertz CT molecular complexity index is 1150. The monoisotopic (exact) mass is 430 g/mol. The number of anilines is 1. The number of hydrogen-bond acceptors (Lipinski definition) is 4. The first-order chi connectivity index (χ1) is 15.4. The molecule has 0 atom stereocenters. The maximum absolute atomic E-state index is 13.0. The molecule has 0 saturated heterocycles. The predicted octanol–water partition coefficient (Wildman–Crippen LogP) is 3.71. The molecule has 6 heteroatoms. The van der Waals surface area contributed by atoms with E-state index in [9.17, 15) is 19.8 Å². The number of aryl methyl sites for hydroxylation is 1. The summed E-state index contributed by atoms with van der Waals surface area (Å²) in [5, 5.41) is 26.0. The van der Waals surface area contributed by atoms with Crippen LogP contribution in [0.2, 0.25) is 0 Å². The van der Waals surface area contributed by atoms with Crippen molar-refractivity contribution in [2.75, 3.05) is 11.9 Å². The van der Waals surface area contributed by atoms with Crippen LogP contribution in [0.25, 0.3) is 0 Å². The van der Waals surface area contributed by atoms with Gasteiger partial charge in [-0.3, -0.25) is 4.79 Å². The van der Waals surface area contributed by atoms with Gasteiger partial charge in [0, 0.05) is 24.9 Å². The van der Waals surface area contributed by atoms with Crippen molar-refractivity contribution < 1.29 is 19.8 Å². The Kier molecular flexibility index (Phi) is 5.86. The first-order valence-corrected chi connectivity index (χ1v) is 10.6. The van der Waals surface area contributed by atoms with Crippen molar-refractivity contribution in [1.29, 1.82) is 0 Å². The molecule has 0 heterocycles. The molecule has 0 aliphatic heterocycles. The number of carbonyl (C=O) groups is 2. The number of phenolic OH excluding ortho intramolecular Hbond substituents is 1. The highest BCUT2D eigenvalue weighted by Gasteiger charge is 2.45.